The van der Waals surface area contributed by atoms with Gasteiger partial charge >= 0.3 is 6.01 Å². The van der Waals surface area contributed by atoms with Gasteiger partial charge in [0.25, 0.3) is 5.56 Å². The smallest absolute Gasteiger partial charge is 0.316 e. The van der Waals surface area contributed by atoms with Gasteiger partial charge in [-0.1, -0.05) is 0 Å². The van der Waals surface area contributed by atoms with E-state index >= 15 is 0 Å². The van der Waals surface area contributed by atoms with Gasteiger partial charge in [-0.2, -0.15) is 9.97 Å². The molecular formula is C14H17N5O3. The lowest BCUT2D eigenvalue weighted by Crippen LogP contribution is -2.27. The summed E-state index contributed by atoms with van der Waals surface area (Å²) in [5.74, 6) is 1.26. The fraction of sp³-hybridized carbons (Fsp3) is 0.429. The number of hydrogen-bond acceptors (Lipinski definition) is 7. The zero-order chi connectivity index (χ0) is 15.5. The first-order valence-corrected chi connectivity index (χ1v) is 6.96. The molecular weight excluding hydrogens is 286 g/mol. The van der Waals surface area contributed by atoms with Gasteiger partial charge in [-0.05, 0) is 0 Å². The first kappa shape index (κ1) is 14.3. The molecule has 1 saturated heterocycles. The summed E-state index contributed by atoms with van der Waals surface area (Å²) in [6.07, 6.45) is 5.46. The van der Waals surface area contributed by atoms with Gasteiger partial charge in [0.2, 0.25) is 0 Å². The van der Waals surface area contributed by atoms with Gasteiger partial charge in [0.05, 0.1) is 32.4 Å². The maximum absolute atomic E-state index is 11.7. The van der Waals surface area contributed by atoms with Gasteiger partial charge in [0, 0.05) is 26.1 Å². The van der Waals surface area contributed by atoms with Crippen LogP contribution in [-0.2, 0) is 7.05 Å². The van der Waals surface area contributed by atoms with E-state index in [4.69, 9.17) is 9.47 Å². The zero-order valence-corrected chi connectivity index (χ0v) is 12.5. The third-order valence-electron chi connectivity index (χ3n) is 3.54. The largest absolute Gasteiger partial charge is 0.494 e. The van der Waals surface area contributed by atoms with E-state index in [-0.39, 0.29) is 11.7 Å². The topological polar surface area (TPSA) is 82.4 Å². The molecule has 0 saturated carbocycles. The minimum atomic E-state index is -0.0761. The molecule has 8 nitrogen and oxygen atoms in total. The average molecular weight is 303 g/mol. The fourth-order valence-electron chi connectivity index (χ4n) is 2.28. The Morgan fingerprint density at radius 1 is 1.27 bits per heavy atom. The first-order chi connectivity index (χ1) is 10.7. The number of aromatic nitrogens is 4. The second-order valence-electron chi connectivity index (χ2n) is 5.08. The maximum Gasteiger partial charge on any atom is 0.316 e. The molecule has 2 aromatic heterocycles. The second kappa shape index (κ2) is 6.00. The standard InChI is InChI=1S/C14H17N5O3/c1-18-9-17-12(5-13(18)20)19-4-3-10(8-19)22-14-15-6-11(21-2)7-16-14/h5-7,9-10H,3-4,8H2,1-2H3. The van der Waals surface area contributed by atoms with Crippen molar-refractivity contribution in [2.24, 2.45) is 7.05 Å². The van der Waals surface area contributed by atoms with Crippen molar-refractivity contribution in [3.63, 3.8) is 0 Å². The van der Waals surface area contributed by atoms with Gasteiger partial charge in [-0.3, -0.25) is 4.79 Å². The highest BCUT2D eigenvalue weighted by atomic mass is 16.5. The number of aryl methyl sites for hydroxylation is 1. The highest BCUT2D eigenvalue weighted by molar-refractivity contribution is 5.38. The van der Waals surface area contributed by atoms with Crippen molar-refractivity contribution in [2.45, 2.75) is 12.5 Å². The summed E-state index contributed by atoms with van der Waals surface area (Å²) in [4.78, 5) is 26.1. The van der Waals surface area contributed by atoms with Crippen molar-refractivity contribution in [2.75, 3.05) is 25.1 Å². The number of ether oxygens (including phenoxy) is 2. The molecule has 3 heterocycles. The van der Waals surface area contributed by atoms with E-state index in [0.717, 1.165) is 13.0 Å². The van der Waals surface area contributed by atoms with E-state index in [1.165, 1.54) is 17.0 Å². The number of rotatable bonds is 4. The fourth-order valence-corrected chi connectivity index (χ4v) is 2.28. The van der Waals surface area contributed by atoms with Gasteiger partial charge in [0.15, 0.2) is 5.75 Å². The van der Waals surface area contributed by atoms with Crippen LogP contribution < -0.4 is 19.9 Å². The van der Waals surface area contributed by atoms with E-state index in [0.29, 0.717) is 24.1 Å². The molecule has 1 atom stereocenters. The van der Waals surface area contributed by atoms with Gasteiger partial charge < -0.3 is 18.9 Å². The SMILES string of the molecule is COc1cnc(OC2CCN(c3cc(=O)n(C)cn3)C2)nc1. The van der Waals surface area contributed by atoms with E-state index in [9.17, 15) is 4.79 Å². The molecule has 0 amide bonds. The van der Waals surface area contributed by atoms with Crippen LogP contribution in [0.3, 0.4) is 0 Å². The van der Waals surface area contributed by atoms with Crippen molar-refractivity contribution < 1.29 is 9.47 Å². The summed E-state index contributed by atoms with van der Waals surface area (Å²) in [6, 6.07) is 1.86. The van der Waals surface area contributed by atoms with Crippen LogP contribution in [0.4, 0.5) is 5.82 Å². The van der Waals surface area contributed by atoms with Crippen molar-refractivity contribution in [1.82, 2.24) is 19.5 Å². The Morgan fingerprint density at radius 3 is 2.73 bits per heavy atom. The van der Waals surface area contributed by atoms with E-state index in [1.807, 2.05) is 4.90 Å². The van der Waals surface area contributed by atoms with Crippen LogP contribution in [0.2, 0.25) is 0 Å². The van der Waals surface area contributed by atoms with Crippen LogP contribution in [0.5, 0.6) is 11.8 Å². The molecule has 2 aromatic rings. The van der Waals surface area contributed by atoms with Crippen LogP contribution in [0.1, 0.15) is 6.42 Å². The molecule has 1 aliphatic heterocycles. The van der Waals surface area contributed by atoms with Crippen molar-refractivity contribution in [1.29, 1.82) is 0 Å². The monoisotopic (exact) mass is 303 g/mol. The molecule has 3 rings (SSSR count). The second-order valence-corrected chi connectivity index (χ2v) is 5.08. The lowest BCUT2D eigenvalue weighted by atomic mass is 10.3. The Hall–Kier alpha value is -2.64. The first-order valence-electron chi connectivity index (χ1n) is 6.96. The third-order valence-corrected chi connectivity index (χ3v) is 3.54. The Morgan fingerprint density at radius 2 is 2.05 bits per heavy atom. The predicted octanol–water partition coefficient (Wildman–Crippen LogP) is 0.237. The van der Waals surface area contributed by atoms with Crippen LogP contribution in [-0.4, -0.2) is 45.8 Å². The minimum absolute atomic E-state index is 0.0285. The quantitative estimate of drug-likeness (QED) is 0.800. The van der Waals surface area contributed by atoms with Gasteiger partial charge in [0.1, 0.15) is 11.9 Å². The van der Waals surface area contributed by atoms with Crippen LogP contribution in [0.15, 0.2) is 29.6 Å². The van der Waals surface area contributed by atoms with Crippen molar-refractivity contribution in [3.05, 3.63) is 35.1 Å². The molecule has 1 unspecified atom stereocenters. The third kappa shape index (κ3) is 3.00. The zero-order valence-electron chi connectivity index (χ0n) is 12.5. The summed E-state index contributed by atoms with van der Waals surface area (Å²) in [5, 5.41) is 0. The van der Waals surface area contributed by atoms with E-state index in [1.54, 1.807) is 26.6 Å². The highest BCUT2D eigenvalue weighted by Crippen LogP contribution is 2.20. The average Bonchev–Trinajstić information content (AvgIpc) is 2.99. The Balaban J connectivity index is 1.64. The molecule has 8 heteroatoms. The van der Waals surface area contributed by atoms with Crippen molar-refractivity contribution in [3.8, 4) is 11.8 Å². The lowest BCUT2D eigenvalue weighted by molar-refractivity contribution is 0.205. The summed E-state index contributed by atoms with van der Waals surface area (Å²) in [5.41, 5.74) is -0.0761. The normalized spacial score (nSPS) is 17.5. The van der Waals surface area contributed by atoms with Gasteiger partial charge in [-0.25, -0.2) is 4.98 Å². The molecule has 22 heavy (non-hydrogen) atoms. The molecule has 1 fully saturated rings. The summed E-state index contributed by atoms with van der Waals surface area (Å²) >= 11 is 0. The molecule has 0 aliphatic carbocycles. The number of nitrogens with zero attached hydrogens (tertiary/aromatic N) is 5. The molecule has 0 spiro atoms. The number of methoxy groups -OCH3 is 1. The van der Waals surface area contributed by atoms with E-state index < -0.39 is 0 Å². The van der Waals surface area contributed by atoms with E-state index in [2.05, 4.69) is 15.0 Å². The number of hydrogen-bond donors (Lipinski definition) is 0. The Kier molecular flexibility index (Phi) is 3.90. The molecule has 116 valence electrons. The summed E-state index contributed by atoms with van der Waals surface area (Å²) < 4.78 is 12.2. The Labute approximate surface area is 127 Å². The van der Waals surface area contributed by atoms with Crippen LogP contribution in [0, 0.1) is 0 Å². The molecule has 1 aliphatic rings. The van der Waals surface area contributed by atoms with Crippen molar-refractivity contribution >= 4 is 5.82 Å². The molecule has 0 bridgehead atoms. The number of anilines is 1. The highest BCUT2D eigenvalue weighted by Gasteiger charge is 2.26. The lowest BCUT2D eigenvalue weighted by Gasteiger charge is -2.17. The van der Waals surface area contributed by atoms with Crippen LogP contribution in [0.25, 0.3) is 0 Å². The minimum Gasteiger partial charge on any atom is -0.494 e. The molecule has 0 aromatic carbocycles. The predicted molar refractivity (Wildman–Crippen MR) is 79.3 cm³/mol. The molecule has 0 radical (unpaired) electrons. The Bertz CT molecular complexity index is 700. The summed E-state index contributed by atoms with van der Waals surface area (Å²) in [6.45, 7) is 1.43. The van der Waals surface area contributed by atoms with Gasteiger partial charge in [-0.15, -0.1) is 0 Å². The summed E-state index contributed by atoms with van der Waals surface area (Å²) in [7, 11) is 3.24. The van der Waals surface area contributed by atoms with Crippen LogP contribution >= 0.6 is 0 Å². The maximum atomic E-state index is 11.7. The molecule has 0 N–H and O–H groups in total.